The van der Waals surface area contributed by atoms with Crippen LogP contribution >= 0.6 is 0 Å². The largest absolute Gasteiger partial charge is 0.382 e. The smallest absolute Gasteiger partial charge is 0.258 e. The lowest BCUT2D eigenvalue weighted by Crippen LogP contribution is -2.35. The van der Waals surface area contributed by atoms with Gasteiger partial charge in [0.25, 0.3) is 11.8 Å². The molecule has 0 spiro atoms. The zero-order valence-electron chi connectivity index (χ0n) is 16.0. The first-order chi connectivity index (χ1) is 12.1. The summed E-state index contributed by atoms with van der Waals surface area (Å²) >= 11 is 0. The van der Waals surface area contributed by atoms with Crippen LogP contribution in [-0.4, -0.2) is 25.0 Å². The van der Waals surface area contributed by atoms with Gasteiger partial charge in [-0.2, -0.15) is 0 Å². The zero-order valence-corrected chi connectivity index (χ0v) is 16.0. The third-order valence-corrected chi connectivity index (χ3v) is 3.33. The van der Waals surface area contributed by atoms with Gasteiger partial charge in [-0.3, -0.25) is 15.0 Å². The molecule has 140 valence electrons. The molecule has 5 heteroatoms. The fourth-order valence-electron chi connectivity index (χ4n) is 2.15. The summed E-state index contributed by atoms with van der Waals surface area (Å²) in [6.07, 6.45) is 4.26. The van der Waals surface area contributed by atoms with Gasteiger partial charge >= 0.3 is 0 Å². The predicted octanol–water partition coefficient (Wildman–Crippen LogP) is 4.11. The molecule has 0 radical (unpaired) electrons. The van der Waals surface area contributed by atoms with Gasteiger partial charge in [0.05, 0.1) is 5.69 Å². The number of nitrogens with one attached hydrogen (secondary N) is 1. The lowest BCUT2D eigenvalue weighted by Gasteiger charge is -2.14. The molecule has 1 saturated heterocycles. The molecular weight excluding hydrogens is 316 g/mol. The third kappa shape index (κ3) is 8.49. The van der Waals surface area contributed by atoms with Crippen molar-refractivity contribution >= 4 is 17.5 Å². The van der Waals surface area contributed by atoms with E-state index >= 15 is 0 Å². The van der Waals surface area contributed by atoms with E-state index in [1.54, 1.807) is 18.2 Å². The summed E-state index contributed by atoms with van der Waals surface area (Å²) in [5.74, 6) is -0.850. The van der Waals surface area contributed by atoms with Gasteiger partial charge in [-0.25, -0.2) is 5.01 Å². The molecule has 2 amide bonds. The highest BCUT2D eigenvalue weighted by Gasteiger charge is 2.39. The normalized spacial score (nSPS) is 15.5. The van der Waals surface area contributed by atoms with Crippen molar-refractivity contribution in [1.29, 1.82) is 0 Å². The monoisotopic (exact) mass is 348 g/mol. The van der Waals surface area contributed by atoms with Crippen molar-refractivity contribution in [3.63, 3.8) is 0 Å². The number of anilines is 1. The second kappa shape index (κ2) is 14.2. The maximum Gasteiger partial charge on any atom is 0.258 e. The van der Waals surface area contributed by atoms with Crippen LogP contribution in [0.4, 0.5) is 5.69 Å². The van der Waals surface area contributed by atoms with Crippen molar-refractivity contribution in [2.24, 2.45) is 5.92 Å². The number of unbranched alkanes of at least 4 members (excludes halogenated alkanes) is 1. The lowest BCUT2D eigenvalue weighted by molar-refractivity contribution is -0.127. The SMILES string of the molecule is C=CC.CCCCC1C(=O)NN(c2ccccc2)C1=O.CCOCC. The van der Waals surface area contributed by atoms with Gasteiger partial charge in [-0.15, -0.1) is 6.58 Å². The average Bonchev–Trinajstić information content (AvgIpc) is 2.90. The van der Waals surface area contributed by atoms with E-state index in [4.69, 9.17) is 4.74 Å². The Kier molecular flexibility index (Phi) is 13.0. The van der Waals surface area contributed by atoms with Gasteiger partial charge in [0, 0.05) is 13.2 Å². The number of ether oxygens (including phenoxy) is 1. The van der Waals surface area contributed by atoms with E-state index in [-0.39, 0.29) is 11.8 Å². The molecule has 0 aromatic heterocycles. The van der Waals surface area contributed by atoms with Crippen LogP contribution in [0.1, 0.15) is 47.0 Å². The molecule has 2 rings (SSSR count). The number of amides is 2. The number of para-hydroxylation sites is 1. The van der Waals surface area contributed by atoms with E-state index in [9.17, 15) is 9.59 Å². The maximum atomic E-state index is 12.1. The van der Waals surface area contributed by atoms with E-state index in [0.717, 1.165) is 26.1 Å². The standard InChI is InChI=1S/C13H16N2O2.C4H10O.C3H6/c1-2-3-9-11-12(16)14-15(13(11)17)10-7-5-4-6-8-10;1-3-5-4-2;1-3-2/h4-8,11H,2-3,9H2,1H3,(H,14,16);3-4H2,1-2H3;3H,1H2,2H3. The number of hydrazine groups is 1. The van der Waals surface area contributed by atoms with Crippen LogP contribution in [0.25, 0.3) is 0 Å². The molecule has 0 saturated carbocycles. The van der Waals surface area contributed by atoms with E-state index in [1.807, 2.05) is 45.9 Å². The van der Waals surface area contributed by atoms with E-state index in [2.05, 4.69) is 12.0 Å². The Balaban J connectivity index is 0.000000610. The van der Waals surface area contributed by atoms with Crippen molar-refractivity contribution in [3.05, 3.63) is 43.0 Å². The Labute approximate surface area is 152 Å². The Morgan fingerprint density at radius 2 is 1.72 bits per heavy atom. The van der Waals surface area contributed by atoms with Crippen LogP contribution in [0.15, 0.2) is 43.0 Å². The van der Waals surface area contributed by atoms with Gasteiger partial charge in [0.15, 0.2) is 0 Å². The molecule has 1 fully saturated rings. The number of nitrogens with zero attached hydrogens (tertiary/aromatic N) is 1. The lowest BCUT2D eigenvalue weighted by atomic mass is 10.0. The first-order valence-corrected chi connectivity index (χ1v) is 8.91. The molecule has 1 aliphatic rings. The molecule has 1 aromatic carbocycles. The van der Waals surface area contributed by atoms with Crippen molar-refractivity contribution in [1.82, 2.24) is 5.43 Å². The van der Waals surface area contributed by atoms with Crippen LogP contribution in [0, 0.1) is 5.92 Å². The minimum Gasteiger partial charge on any atom is -0.382 e. The number of carbonyl (C=O) groups excluding carboxylic acids is 2. The summed E-state index contributed by atoms with van der Waals surface area (Å²) in [5.41, 5.74) is 3.34. The van der Waals surface area contributed by atoms with Gasteiger partial charge < -0.3 is 4.74 Å². The first-order valence-electron chi connectivity index (χ1n) is 8.91. The molecule has 1 aromatic rings. The highest BCUT2D eigenvalue weighted by molar-refractivity contribution is 6.14. The van der Waals surface area contributed by atoms with Gasteiger partial charge in [0.1, 0.15) is 5.92 Å². The van der Waals surface area contributed by atoms with Crippen molar-refractivity contribution in [3.8, 4) is 0 Å². The highest BCUT2D eigenvalue weighted by atomic mass is 16.5. The van der Waals surface area contributed by atoms with Gasteiger partial charge in [-0.05, 0) is 39.3 Å². The molecule has 5 nitrogen and oxygen atoms in total. The van der Waals surface area contributed by atoms with Crippen LogP contribution in [0.2, 0.25) is 0 Å². The molecule has 0 bridgehead atoms. The second-order valence-electron chi connectivity index (χ2n) is 5.37. The molecule has 1 N–H and O–H groups in total. The number of rotatable bonds is 6. The molecular formula is C20H32N2O3. The number of hydrogen-bond donors (Lipinski definition) is 1. The highest BCUT2D eigenvalue weighted by Crippen LogP contribution is 2.22. The maximum absolute atomic E-state index is 12.1. The van der Waals surface area contributed by atoms with E-state index < -0.39 is 5.92 Å². The van der Waals surface area contributed by atoms with E-state index in [0.29, 0.717) is 12.1 Å². The molecule has 25 heavy (non-hydrogen) atoms. The number of benzene rings is 1. The molecule has 1 heterocycles. The summed E-state index contributed by atoms with van der Waals surface area (Å²) in [5, 5.41) is 1.35. The average molecular weight is 348 g/mol. The zero-order chi connectivity index (χ0) is 19.1. The first kappa shape index (κ1) is 22.9. The Morgan fingerprint density at radius 1 is 1.16 bits per heavy atom. The summed E-state index contributed by atoms with van der Waals surface area (Å²) < 4.78 is 4.83. The van der Waals surface area contributed by atoms with Gasteiger partial charge in [0.2, 0.25) is 0 Å². The number of allylic oxidation sites excluding steroid dienone is 1. The molecule has 0 aliphatic carbocycles. The molecule has 1 atom stereocenters. The van der Waals surface area contributed by atoms with Gasteiger partial charge in [-0.1, -0.05) is 44.0 Å². The topological polar surface area (TPSA) is 58.6 Å². The third-order valence-electron chi connectivity index (χ3n) is 3.33. The van der Waals surface area contributed by atoms with Crippen LogP contribution in [0.3, 0.4) is 0 Å². The Hall–Kier alpha value is -2.14. The quantitative estimate of drug-likeness (QED) is 0.622. The Bertz CT molecular complexity index is 501. The van der Waals surface area contributed by atoms with Crippen molar-refractivity contribution in [2.45, 2.75) is 47.0 Å². The number of hydrogen-bond acceptors (Lipinski definition) is 3. The van der Waals surface area contributed by atoms with E-state index in [1.165, 1.54) is 5.01 Å². The fourth-order valence-corrected chi connectivity index (χ4v) is 2.15. The minimum atomic E-state index is -0.518. The summed E-state index contributed by atoms with van der Waals surface area (Å²) in [7, 11) is 0. The summed E-state index contributed by atoms with van der Waals surface area (Å²) in [6, 6.07) is 9.17. The summed E-state index contributed by atoms with van der Waals surface area (Å²) in [4.78, 5) is 23.8. The minimum absolute atomic E-state index is 0.144. The van der Waals surface area contributed by atoms with Crippen molar-refractivity contribution < 1.29 is 14.3 Å². The second-order valence-corrected chi connectivity index (χ2v) is 5.37. The van der Waals surface area contributed by atoms with Crippen LogP contribution in [-0.2, 0) is 14.3 Å². The Morgan fingerprint density at radius 3 is 2.16 bits per heavy atom. The fraction of sp³-hybridized carbons (Fsp3) is 0.500. The van der Waals surface area contributed by atoms with Crippen LogP contribution in [0.5, 0.6) is 0 Å². The summed E-state index contributed by atoms with van der Waals surface area (Å²) in [6.45, 7) is 13.0. The van der Waals surface area contributed by atoms with Crippen LogP contribution < -0.4 is 10.4 Å². The molecule has 1 unspecified atom stereocenters. The molecule has 1 aliphatic heterocycles. The number of carbonyl (C=O) groups is 2. The van der Waals surface area contributed by atoms with Crippen molar-refractivity contribution in [2.75, 3.05) is 18.2 Å². The predicted molar refractivity (Wildman–Crippen MR) is 103 cm³/mol.